The lowest BCUT2D eigenvalue weighted by Crippen LogP contribution is -2.04. The first-order valence-corrected chi connectivity index (χ1v) is 6.18. The minimum Gasteiger partial charge on any atom is -0.457 e. The highest BCUT2D eigenvalue weighted by molar-refractivity contribution is 5.44. The van der Waals surface area contributed by atoms with E-state index in [4.69, 9.17) is 4.74 Å². The average Bonchev–Trinajstić information content (AvgIpc) is 2.40. The van der Waals surface area contributed by atoms with Crippen molar-refractivity contribution in [1.82, 2.24) is 0 Å². The van der Waals surface area contributed by atoms with Gasteiger partial charge < -0.3 is 4.74 Å². The van der Waals surface area contributed by atoms with Crippen LogP contribution in [0.5, 0.6) is 11.5 Å². The first kappa shape index (κ1) is 10.4. The van der Waals surface area contributed by atoms with E-state index >= 15 is 0 Å². The van der Waals surface area contributed by atoms with Crippen LogP contribution in [0.4, 0.5) is 0 Å². The van der Waals surface area contributed by atoms with Gasteiger partial charge in [0.15, 0.2) is 0 Å². The van der Waals surface area contributed by atoms with Crippen molar-refractivity contribution in [1.29, 1.82) is 0 Å². The number of aryl methyl sites for hydroxylation is 1. The summed E-state index contributed by atoms with van der Waals surface area (Å²) in [6, 6.07) is 17.0. The summed E-state index contributed by atoms with van der Waals surface area (Å²) >= 11 is 0. The van der Waals surface area contributed by atoms with Gasteiger partial charge in [-0.2, -0.15) is 0 Å². The van der Waals surface area contributed by atoms with Crippen LogP contribution < -0.4 is 4.74 Å². The van der Waals surface area contributed by atoms with Crippen LogP contribution in [-0.4, -0.2) is 0 Å². The van der Waals surface area contributed by atoms with Gasteiger partial charge in [-0.05, 0) is 61.1 Å². The van der Waals surface area contributed by atoms with Crippen LogP contribution in [-0.2, 0) is 12.8 Å². The summed E-state index contributed by atoms with van der Waals surface area (Å²) in [7, 11) is 0. The molecule has 0 unspecified atom stereocenters. The van der Waals surface area contributed by atoms with Crippen molar-refractivity contribution in [3.05, 3.63) is 59.7 Å². The first-order chi connectivity index (χ1) is 8.43. The van der Waals surface area contributed by atoms with E-state index in [1.807, 2.05) is 24.3 Å². The fourth-order valence-electron chi connectivity index (χ4n) is 2.41. The molecule has 2 aromatic rings. The number of ether oxygens (including phenoxy) is 1. The predicted molar refractivity (Wildman–Crippen MR) is 68.4 cm³/mol. The van der Waals surface area contributed by atoms with Crippen molar-refractivity contribution >= 4 is 0 Å². The van der Waals surface area contributed by atoms with Gasteiger partial charge in [0.05, 0.1) is 0 Å². The molecule has 1 heteroatoms. The summed E-state index contributed by atoms with van der Waals surface area (Å²) in [6.45, 7) is 0. The average molecular weight is 223 g/mol. The molecular formula is C16H15O. The van der Waals surface area contributed by atoms with Gasteiger partial charge in [-0.1, -0.05) is 24.3 Å². The van der Waals surface area contributed by atoms with Gasteiger partial charge in [-0.15, -0.1) is 0 Å². The number of hydrogen-bond acceptors (Lipinski definition) is 1. The maximum absolute atomic E-state index is 5.96. The zero-order chi connectivity index (χ0) is 11.5. The van der Waals surface area contributed by atoms with Crippen molar-refractivity contribution < 1.29 is 4.74 Å². The second-order valence-electron chi connectivity index (χ2n) is 4.44. The Hall–Kier alpha value is -1.76. The fourth-order valence-corrected chi connectivity index (χ4v) is 2.41. The van der Waals surface area contributed by atoms with Crippen molar-refractivity contribution in [3.8, 4) is 11.5 Å². The number of rotatable bonds is 2. The molecule has 0 fully saturated rings. The lowest BCUT2D eigenvalue weighted by Gasteiger charge is -2.19. The molecule has 1 nitrogen and oxygen atoms in total. The van der Waals surface area contributed by atoms with E-state index in [1.54, 1.807) is 0 Å². The minimum absolute atomic E-state index is 0.891. The third-order valence-electron chi connectivity index (χ3n) is 3.27. The Balaban J connectivity index is 1.93. The van der Waals surface area contributed by atoms with Gasteiger partial charge >= 0.3 is 0 Å². The zero-order valence-corrected chi connectivity index (χ0v) is 9.78. The first-order valence-electron chi connectivity index (χ1n) is 6.18. The van der Waals surface area contributed by atoms with Gasteiger partial charge in [0.25, 0.3) is 0 Å². The van der Waals surface area contributed by atoms with E-state index in [-0.39, 0.29) is 0 Å². The van der Waals surface area contributed by atoms with E-state index in [0.29, 0.717) is 0 Å². The van der Waals surface area contributed by atoms with Crippen molar-refractivity contribution in [2.75, 3.05) is 0 Å². The molecule has 17 heavy (non-hydrogen) atoms. The molecule has 1 radical (unpaired) electrons. The highest BCUT2D eigenvalue weighted by atomic mass is 16.5. The van der Waals surface area contributed by atoms with E-state index in [0.717, 1.165) is 17.9 Å². The topological polar surface area (TPSA) is 9.23 Å². The maximum Gasteiger partial charge on any atom is 0.130 e. The molecule has 85 valence electrons. The molecule has 0 heterocycles. The standard InChI is InChI=1S/C16H15O/c1-2-9-14(10-3-1)17-16-12-6-8-13-7-4-5-11-15(13)16/h2-3,6,8-10,12H,4-5,7,11H2. The molecule has 0 N–H and O–H groups in total. The highest BCUT2D eigenvalue weighted by Crippen LogP contribution is 2.32. The van der Waals surface area contributed by atoms with Crippen molar-refractivity contribution in [3.63, 3.8) is 0 Å². The lowest BCUT2D eigenvalue weighted by molar-refractivity contribution is 0.470. The summed E-state index contributed by atoms with van der Waals surface area (Å²) in [5.41, 5.74) is 2.85. The van der Waals surface area contributed by atoms with E-state index in [1.165, 1.54) is 30.4 Å². The van der Waals surface area contributed by atoms with Gasteiger partial charge in [-0.25, -0.2) is 0 Å². The van der Waals surface area contributed by atoms with Gasteiger partial charge in [-0.3, -0.25) is 0 Å². The predicted octanol–water partition coefficient (Wildman–Crippen LogP) is 4.16. The van der Waals surface area contributed by atoms with Crippen LogP contribution in [0.3, 0.4) is 0 Å². The Labute approximate surface area is 102 Å². The van der Waals surface area contributed by atoms with E-state index in [9.17, 15) is 0 Å². The van der Waals surface area contributed by atoms with Crippen molar-refractivity contribution in [2.45, 2.75) is 25.7 Å². The smallest absolute Gasteiger partial charge is 0.130 e. The summed E-state index contributed by atoms with van der Waals surface area (Å²) in [5.74, 6) is 1.91. The third-order valence-corrected chi connectivity index (χ3v) is 3.27. The molecule has 0 saturated heterocycles. The summed E-state index contributed by atoms with van der Waals surface area (Å²) in [5, 5.41) is 0. The van der Waals surface area contributed by atoms with Crippen LogP contribution >= 0.6 is 0 Å². The zero-order valence-electron chi connectivity index (χ0n) is 9.78. The molecule has 0 aliphatic heterocycles. The molecule has 3 rings (SSSR count). The highest BCUT2D eigenvalue weighted by Gasteiger charge is 2.13. The molecule has 0 atom stereocenters. The minimum atomic E-state index is 0.891. The van der Waals surface area contributed by atoms with Crippen LogP contribution in [0.2, 0.25) is 0 Å². The second-order valence-corrected chi connectivity index (χ2v) is 4.44. The Morgan fingerprint density at radius 2 is 1.76 bits per heavy atom. The van der Waals surface area contributed by atoms with Gasteiger partial charge in [0, 0.05) is 0 Å². The van der Waals surface area contributed by atoms with Crippen LogP contribution in [0.25, 0.3) is 0 Å². The summed E-state index contributed by atoms with van der Waals surface area (Å²) in [6.07, 6.45) is 4.91. The fraction of sp³-hybridized carbons (Fsp3) is 0.250. The number of fused-ring (bicyclic) bond motifs is 1. The van der Waals surface area contributed by atoms with Gasteiger partial charge in [0.1, 0.15) is 11.5 Å². The molecule has 0 aromatic heterocycles. The molecule has 0 bridgehead atoms. The second kappa shape index (κ2) is 4.62. The molecule has 2 aromatic carbocycles. The maximum atomic E-state index is 5.96. The normalized spacial score (nSPS) is 14.1. The molecule has 1 aliphatic rings. The SMILES string of the molecule is [c]1ccc(Oc2cccc3c2CCCC3)cc1. The number of hydrogen-bond donors (Lipinski definition) is 0. The van der Waals surface area contributed by atoms with E-state index < -0.39 is 0 Å². The Morgan fingerprint density at radius 1 is 0.941 bits per heavy atom. The third kappa shape index (κ3) is 2.19. The van der Waals surface area contributed by atoms with Crippen LogP contribution in [0.15, 0.2) is 42.5 Å². The molecule has 1 aliphatic carbocycles. The molecule has 0 saturated carbocycles. The summed E-state index contributed by atoms with van der Waals surface area (Å²) < 4.78 is 5.96. The Bertz CT molecular complexity index is 502. The van der Waals surface area contributed by atoms with E-state index in [2.05, 4.69) is 24.3 Å². The summed E-state index contributed by atoms with van der Waals surface area (Å²) in [4.78, 5) is 0. The van der Waals surface area contributed by atoms with Crippen LogP contribution in [0, 0.1) is 6.07 Å². The quantitative estimate of drug-likeness (QED) is 0.742. The van der Waals surface area contributed by atoms with Crippen molar-refractivity contribution in [2.24, 2.45) is 0 Å². The van der Waals surface area contributed by atoms with Crippen LogP contribution in [0.1, 0.15) is 24.0 Å². The molecule has 0 amide bonds. The molecular weight excluding hydrogens is 208 g/mol. The Kier molecular flexibility index (Phi) is 2.83. The number of benzene rings is 2. The molecule has 0 spiro atoms. The Morgan fingerprint density at radius 3 is 2.65 bits per heavy atom. The van der Waals surface area contributed by atoms with Gasteiger partial charge in [0.2, 0.25) is 0 Å². The monoisotopic (exact) mass is 223 g/mol. The largest absolute Gasteiger partial charge is 0.457 e. The lowest BCUT2D eigenvalue weighted by atomic mass is 9.91.